The van der Waals surface area contributed by atoms with E-state index in [4.69, 9.17) is 9.94 Å². The molecule has 124 valence electrons. The number of hydrogen-bond donors (Lipinski definition) is 2. The Labute approximate surface area is 133 Å². The molecule has 8 heteroatoms. The fourth-order valence-electron chi connectivity index (χ4n) is 2.25. The van der Waals surface area contributed by atoms with Gasteiger partial charge in [-0.15, -0.1) is 0 Å². The van der Waals surface area contributed by atoms with Crippen LogP contribution in [-0.4, -0.2) is 41.2 Å². The Morgan fingerprint density at radius 2 is 2.17 bits per heavy atom. The Kier molecular flexibility index (Phi) is 5.30. The number of nitro groups is 1. The molecule has 0 saturated carbocycles. The molecule has 1 amide bonds. The number of rotatable bonds is 5. The highest BCUT2D eigenvalue weighted by atomic mass is 16.7. The van der Waals surface area contributed by atoms with Gasteiger partial charge in [0, 0.05) is 18.2 Å². The van der Waals surface area contributed by atoms with Crippen LogP contribution in [0, 0.1) is 10.1 Å². The van der Waals surface area contributed by atoms with E-state index in [0.717, 1.165) is 0 Å². The predicted octanol–water partition coefficient (Wildman–Crippen LogP) is 1.40. The monoisotopic (exact) mass is 321 g/mol. The van der Waals surface area contributed by atoms with Crippen molar-refractivity contribution < 1.29 is 19.7 Å². The maximum Gasteiger partial charge on any atom is 0.295 e. The molecular formula is C15H19N3O5. The van der Waals surface area contributed by atoms with E-state index in [1.165, 1.54) is 23.3 Å². The van der Waals surface area contributed by atoms with Crippen molar-refractivity contribution in [3.63, 3.8) is 0 Å². The Balaban J connectivity index is 2.35. The molecule has 0 aliphatic carbocycles. The van der Waals surface area contributed by atoms with Crippen LogP contribution in [0.4, 0.5) is 11.4 Å². The summed E-state index contributed by atoms with van der Waals surface area (Å²) in [5, 5.41) is 24.0. The van der Waals surface area contributed by atoms with Gasteiger partial charge < -0.3 is 10.4 Å². The molecule has 1 aliphatic rings. The minimum absolute atomic E-state index is 0.0863. The number of amides is 1. The van der Waals surface area contributed by atoms with E-state index in [0.29, 0.717) is 0 Å². The van der Waals surface area contributed by atoms with Crippen molar-refractivity contribution in [2.45, 2.75) is 26.0 Å². The zero-order valence-electron chi connectivity index (χ0n) is 12.9. The van der Waals surface area contributed by atoms with E-state index in [-0.39, 0.29) is 42.2 Å². The Morgan fingerprint density at radius 1 is 1.43 bits per heavy atom. The molecule has 1 aromatic rings. The number of nitro benzene ring substituents is 1. The van der Waals surface area contributed by atoms with Crippen molar-refractivity contribution in [2.24, 2.45) is 0 Å². The van der Waals surface area contributed by atoms with E-state index >= 15 is 0 Å². The number of carbonyl (C=O) groups is 1. The maximum absolute atomic E-state index is 11.9. The highest BCUT2D eigenvalue weighted by Gasteiger charge is 2.28. The van der Waals surface area contributed by atoms with E-state index in [1.54, 1.807) is 0 Å². The molecular weight excluding hydrogens is 302 g/mol. The molecule has 0 saturated heterocycles. The molecule has 0 fully saturated rings. The summed E-state index contributed by atoms with van der Waals surface area (Å²) in [5.41, 5.74) is 0.232. The van der Waals surface area contributed by atoms with Gasteiger partial charge >= 0.3 is 0 Å². The van der Waals surface area contributed by atoms with Crippen molar-refractivity contribution in [2.75, 3.05) is 18.2 Å². The Bertz CT molecular complexity index is 632. The van der Waals surface area contributed by atoms with Crippen molar-refractivity contribution in [1.29, 1.82) is 0 Å². The Hall–Kier alpha value is -2.45. The van der Waals surface area contributed by atoms with Gasteiger partial charge in [0.15, 0.2) is 0 Å². The van der Waals surface area contributed by atoms with Crippen LogP contribution in [0.15, 0.2) is 30.4 Å². The first-order chi connectivity index (χ1) is 10.9. The maximum atomic E-state index is 11.9. The average Bonchev–Trinajstić information content (AvgIpc) is 2.54. The topological polar surface area (TPSA) is 105 Å². The summed E-state index contributed by atoms with van der Waals surface area (Å²) in [7, 11) is 0. The number of nitrogens with one attached hydrogen (secondary N) is 1. The molecule has 0 spiro atoms. The van der Waals surface area contributed by atoms with Gasteiger partial charge in [0.25, 0.3) is 11.6 Å². The lowest BCUT2D eigenvalue weighted by Gasteiger charge is -2.33. The molecule has 1 aromatic carbocycles. The van der Waals surface area contributed by atoms with Crippen LogP contribution < -0.4 is 10.4 Å². The summed E-state index contributed by atoms with van der Waals surface area (Å²) in [5.74, 6) is -0.477. The summed E-state index contributed by atoms with van der Waals surface area (Å²) >= 11 is 0. The third kappa shape index (κ3) is 3.85. The number of carbonyl (C=O) groups excluding carboxylic acids is 1. The third-order valence-electron chi connectivity index (χ3n) is 3.38. The normalized spacial score (nSPS) is 20.4. The summed E-state index contributed by atoms with van der Waals surface area (Å²) in [4.78, 5) is 28.4. The van der Waals surface area contributed by atoms with Gasteiger partial charge in [0.05, 0.1) is 17.6 Å². The molecule has 23 heavy (non-hydrogen) atoms. The van der Waals surface area contributed by atoms with E-state index in [2.05, 4.69) is 5.32 Å². The standard InChI is InChI=1S/C15H19N3O5/c1-10-3-4-11(2)23-17(10)13-6-5-12(9-14(13)18(21)22)15(20)16-7-8-19/h3-6,9-11,19H,7-8H2,1-2H3,(H,16,20). The van der Waals surface area contributed by atoms with Gasteiger partial charge in [0.1, 0.15) is 11.8 Å². The summed E-state index contributed by atoms with van der Waals surface area (Å²) in [6, 6.07) is 4.03. The second-order valence-corrected chi connectivity index (χ2v) is 5.20. The van der Waals surface area contributed by atoms with Crippen molar-refractivity contribution in [3.8, 4) is 0 Å². The molecule has 2 N–H and O–H groups in total. The predicted molar refractivity (Wildman–Crippen MR) is 84.1 cm³/mol. The average molecular weight is 321 g/mol. The number of hydroxylamine groups is 1. The molecule has 2 atom stereocenters. The van der Waals surface area contributed by atoms with E-state index < -0.39 is 10.8 Å². The first-order valence-electron chi connectivity index (χ1n) is 7.26. The lowest BCUT2D eigenvalue weighted by atomic mass is 10.1. The highest BCUT2D eigenvalue weighted by Crippen LogP contribution is 2.33. The SMILES string of the molecule is CC1C=CC(C)N(c2ccc(C(=O)NCCO)cc2[N+](=O)[O-])O1. The van der Waals surface area contributed by atoms with Gasteiger partial charge in [-0.2, -0.15) is 0 Å². The number of hydrogen-bond acceptors (Lipinski definition) is 6. The zero-order valence-corrected chi connectivity index (χ0v) is 12.9. The first-order valence-corrected chi connectivity index (χ1v) is 7.26. The van der Waals surface area contributed by atoms with Gasteiger partial charge in [0.2, 0.25) is 0 Å². The second-order valence-electron chi connectivity index (χ2n) is 5.20. The number of anilines is 1. The third-order valence-corrected chi connectivity index (χ3v) is 3.38. The fourth-order valence-corrected chi connectivity index (χ4v) is 2.25. The van der Waals surface area contributed by atoms with Gasteiger partial charge in [-0.25, -0.2) is 5.06 Å². The summed E-state index contributed by atoms with van der Waals surface area (Å²) in [6.07, 6.45) is 3.59. The van der Waals surface area contributed by atoms with Gasteiger partial charge in [-0.1, -0.05) is 12.2 Å². The molecule has 8 nitrogen and oxygen atoms in total. The number of nitrogens with zero attached hydrogens (tertiary/aromatic N) is 2. The van der Waals surface area contributed by atoms with Crippen LogP contribution in [0.5, 0.6) is 0 Å². The molecule has 2 unspecified atom stereocenters. The molecule has 0 bridgehead atoms. The number of aliphatic hydroxyl groups is 1. The molecule has 1 heterocycles. The van der Waals surface area contributed by atoms with E-state index in [1.807, 2.05) is 26.0 Å². The number of benzene rings is 1. The van der Waals surface area contributed by atoms with Crippen LogP contribution in [-0.2, 0) is 4.84 Å². The lowest BCUT2D eigenvalue weighted by molar-refractivity contribution is -0.384. The van der Waals surface area contributed by atoms with Gasteiger partial charge in [-0.05, 0) is 26.0 Å². The van der Waals surface area contributed by atoms with Crippen LogP contribution in [0.3, 0.4) is 0 Å². The van der Waals surface area contributed by atoms with Crippen LogP contribution in [0.1, 0.15) is 24.2 Å². The van der Waals surface area contributed by atoms with Gasteiger partial charge in [-0.3, -0.25) is 19.7 Å². The smallest absolute Gasteiger partial charge is 0.295 e. The van der Waals surface area contributed by atoms with Crippen molar-refractivity contribution in [1.82, 2.24) is 5.32 Å². The second kappa shape index (κ2) is 7.21. The lowest BCUT2D eigenvalue weighted by Crippen LogP contribution is -2.38. The minimum atomic E-state index is -0.544. The van der Waals surface area contributed by atoms with Crippen LogP contribution >= 0.6 is 0 Å². The summed E-state index contributed by atoms with van der Waals surface area (Å²) < 4.78 is 0. The fraction of sp³-hybridized carbons (Fsp3) is 0.400. The molecule has 2 rings (SSSR count). The molecule has 1 aliphatic heterocycles. The largest absolute Gasteiger partial charge is 0.395 e. The van der Waals surface area contributed by atoms with Crippen LogP contribution in [0.25, 0.3) is 0 Å². The van der Waals surface area contributed by atoms with Crippen molar-refractivity contribution >= 4 is 17.3 Å². The summed E-state index contributed by atoms with van der Waals surface area (Å²) in [6.45, 7) is 3.57. The van der Waals surface area contributed by atoms with Crippen LogP contribution in [0.2, 0.25) is 0 Å². The minimum Gasteiger partial charge on any atom is -0.395 e. The van der Waals surface area contributed by atoms with Crippen molar-refractivity contribution in [3.05, 3.63) is 46.0 Å². The number of aliphatic hydroxyl groups excluding tert-OH is 1. The molecule has 0 aromatic heterocycles. The highest BCUT2D eigenvalue weighted by molar-refractivity contribution is 5.95. The first kappa shape index (κ1) is 16.9. The zero-order chi connectivity index (χ0) is 17.0. The quantitative estimate of drug-likeness (QED) is 0.482. The molecule has 0 radical (unpaired) electrons. The van der Waals surface area contributed by atoms with E-state index in [9.17, 15) is 14.9 Å². The Morgan fingerprint density at radius 3 is 2.83 bits per heavy atom.